The molecule has 24 heavy (non-hydrogen) atoms. The Morgan fingerprint density at radius 1 is 1.29 bits per heavy atom. The number of hydrogen-bond donors (Lipinski definition) is 0. The summed E-state index contributed by atoms with van der Waals surface area (Å²) in [5.41, 5.74) is 4.20. The van der Waals surface area contributed by atoms with Gasteiger partial charge in [-0.15, -0.1) is 11.3 Å². The van der Waals surface area contributed by atoms with E-state index in [1.807, 2.05) is 29.5 Å². The van der Waals surface area contributed by atoms with Crippen LogP contribution >= 0.6 is 22.9 Å². The van der Waals surface area contributed by atoms with Crippen LogP contribution in [0.4, 0.5) is 0 Å². The maximum absolute atomic E-state index is 6.07. The molecular formula is C20H21ClN2S. The van der Waals surface area contributed by atoms with Gasteiger partial charge in [0.1, 0.15) is 4.83 Å². The number of benzene rings is 1. The predicted molar refractivity (Wildman–Crippen MR) is 105 cm³/mol. The Morgan fingerprint density at radius 2 is 2.17 bits per heavy atom. The van der Waals surface area contributed by atoms with Crippen LogP contribution in [0.15, 0.2) is 36.4 Å². The number of nitrogens with zero attached hydrogens (tertiary/aromatic N) is 2. The maximum Gasteiger partial charge on any atom is 0.103 e. The molecule has 2 nitrogen and oxygen atoms in total. The molecule has 1 aliphatic rings. The van der Waals surface area contributed by atoms with Crippen LogP contribution in [-0.2, 0) is 19.5 Å². The van der Waals surface area contributed by atoms with Gasteiger partial charge in [-0.1, -0.05) is 35.9 Å². The van der Waals surface area contributed by atoms with Crippen molar-refractivity contribution in [3.63, 3.8) is 0 Å². The highest BCUT2D eigenvalue weighted by Crippen LogP contribution is 2.35. The third-order valence-electron chi connectivity index (χ3n) is 4.69. The average Bonchev–Trinajstić information content (AvgIpc) is 3.04. The van der Waals surface area contributed by atoms with Crippen molar-refractivity contribution in [1.29, 1.82) is 0 Å². The van der Waals surface area contributed by atoms with Crippen molar-refractivity contribution in [3.8, 4) is 0 Å². The quantitative estimate of drug-likeness (QED) is 0.612. The molecule has 4 rings (SSSR count). The average molecular weight is 357 g/mol. The van der Waals surface area contributed by atoms with Crippen molar-refractivity contribution in [2.24, 2.45) is 0 Å². The number of rotatable bonds is 3. The second kappa shape index (κ2) is 6.40. The number of thiophene rings is 1. The van der Waals surface area contributed by atoms with E-state index in [1.54, 1.807) is 0 Å². The SMILES string of the molecule is Cc1cc2c3c(n(C/C=C/c4cccc(Cl)c4)c2s1)CCN(C)C3. The fraction of sp³-hybridized carbons (Fsp3) is 0.300. The van der Waals surface area contributed by atoms with E-state index >= 15 is 0 Å². The summed E-state index contributed by atoms with van der Waals surface area (Å²) in [4.78, 5) is 5.23. The second-order valence-corrected chi connectivity index (χ2v) is 8.23. The molecular weight excluding hydrogens is 336 g/mol. The van der Waals surface area contributed by atoms with E-state index in [1.165, 1.54) is 26.4 Å². The molecule has 0 unspecified atom stereocenters. The number of aromatic nitrogens is 1. The Morgan fingerprint density at radius 3 is 3.00 bits per heavy atom. The molecule has 0 saturated heterocycles. The summed E-state index contributed by atoms with van der Waals surface area (Å²) in [7, 11) is 2.21. The molecule has 0 aliphatic carbocycles. The summed E-state index contributed by atoms with van der Waals surface area (Å²) >= 11 is 7.98. The van der Waals surface area contributed by atoms with E-state index in [-0.39, 0.29) is 0 Å². The Labute approximate surface area is 152 Å². The summed E-state index contributed by atoms with van der Waals surface area (Å²) in [6.07, 6.45) is 5.55. The summed E-state index contributed by atoms with van der Waals surface area (Å²) < 4.78 is 2.51. The van der Waals surface area contributed by atoms with Gasteiger partial charge in [-0.25, -0.2) is 0 Å². The van der Waals surface area contributed by atoms with Gasteiger partial charge in [0.15, 0.2) is 0 Å². The van der Waals surface area contributed by atoms with Crippen molar-refractivity contribution in [2.75, 3.05) is 13.6 Å². The largest absolute Gasteiger partial charge is 0.332 e. The molecule has 124 valence electrons. The first-order valence-corrected chi connectivity index (χ1v) is 9.52. The number of hydrogen-bond acceptors (Lipinski definition) is 2. The molecule has 3 aromatic rings. The van der Waals surface area contributed by atoms with Gasteiger partial charge < -0.3 is 9.47 Å². The zero-order valence-electron chi connectivity index (χ0n) is 14.1. The van der Waals surface area contributed by atoms with Crippen LogP contribution in [0.1, 0.15) is 21.7 Å². The van der Waals surface area contributed by atoms with Crippen LogP contribution in [0.5, 0.6) is 0 Å². The third-order valence-corrected chi connectivity index (χ3v) is 5.99. The molecule has 1 aliphatic heterocycles. The van der Waals surface area contributed by atoms with E-state index in [2.05, 4.69) is 47.7 Å². The fourth-order valence-electron chi connectivity index (χ4n) is 3.57. The third kappa shape index (κ3) is 2.92. The zero-order valence-corrected chi connectivity index (χ0v) is 15.6. The molecule has 0 bridgehead atoms. The van der Waals surface area contributed by atoms with Gasteiger partial charge in [-0.2, -0.15) is 0 Å². The standard InChI is InChI=1S/C20H21ClN2S/c1-14-11-17-18-13-22(2)10-8-19(18)23(20(17)24-14)9-4-6-15-5-3-7-16(21)12-15/h3-7,11-12H,8-10,13H2,1-2H3/b6-4+. The molecule has 0 spiro atoms. The molecule has 0 radical (unpaired) electrons. The monoisotopic (exact) mass is 356 g/mol. The Hall–Kier alpha value is -1.55. The van der Waals surface area contributed by atoms with E-state index in [0.29, 0.717) is 0 Å². The fourth-order valence-corrected chi connectivity index (χ4v) is 4.83. The molecule has 0 saturated carbocycles. The maximum atomic E-state index is 6.07. The van der Waals surface area contributed by atoms with Crippen LogP contribution in [0.2, 0.25) is 5.02 Å². The molecule has 0 amide bonds. The summed E-state index contributed by atoms with van der Waals surface area (Å²) in [5.74, 6) is 0. The zero-order chi connectivity index (χ0) is 16.7. The first-order chi connectivity index (χ1) is 11.6. The van der Waals surface area contributed by atoms with Crippen molar-refractivity contribution < 1.29 is 0 Å². The number of likely N-dealkylation sites (N-methyl/N-ethyl adjacent to an activating group) is 1. The molecule has 0 N–H and O–H groups in total. The molecule has 3 heterocycles. The van der Waals surface area contributed by atoms with Crippen molar-refractivity contribution in [1.82, 2.24) is 9.47 Å². The molecule has 4 heteroatoms. The van der Waals surface area contributed by atoms with E-state index in [4.69, 9.17) is 11.6 Å². The van der Waals surface area contributed by atoms with Crippen molar-refractivity contribution in [2.45, 2.75) is 26.4 Å². The van der Waals surface area contributed by atoms with Crippen LogP contribution < -0.4 is 0 Å². The summed E-state index contributed by atoms with van der Waals surface area (Å²) in [5, 5.41) is 2.24. The van der Waals surface area contributed by atoms with E-state index in [0.717, 1.165) is 36.6 Å². The highest BCUT2D eigenvalue weighted by atomic mass is 35.5. The highest BCUT2D eigenvalue weighted by molar-refractivity contribution is 7.18. The van der Waals surface area contributed by atoms with Gasteiger partial charge in [-0.05, 0) is 43.3 Å². The first-order valence-electron chi connectivity index (χ1n) is 8.33. The van der Waals surface area contributed by atoms with Crippen LogP contribution in [0.25, 0.3) is 16.3 Å². The van der Waals surface area contributed by atoms with Gasteiger partial charge in [0.2, 0.25) is 0 Å². The Balaban J connectivity index is 1.69. The van der Waals surface area contributed by atoms with E-state index < -0.39 is 0 Å². The Bertz CT molecular complexity index is 919. The van der Waals surface area contributed by atoms with Crippen LogP contribution in [0.3, 0.4) is 0 Å². The number of fused-ring (bicyclic) bond motifs is 3. The lowest BCUT2D eigenvalue weighted by Crippen LogP contribution is -2.27. The number of halogens is 1. The van der Waals surface area contributed by atoms with Gasteiger partial charge in [0, 0.05) is 47.0 Å². The topological polar surface area (TPSA) is 8.17 Å². The van der Waals surface area contributed by atoms with E-state index in [9.17, 15) is 0 Å². The van der Waals surface area contributed by atoms with Gasteiger partial charge >= 0.3 is 0 Å². The van der Waals surface area contributed by atoms with Gasteiger partial charge in [-0.3, -0.25) is 0 Å². The minimum Gasteiger partial charge on any atom is -0.332 e. The minimum absolute atomic E-state index is 0.787. The Kier molecular flexibility index (Phi) is 4.25. The van der Waals surface area contributed by atoms with Gasteiger partial charge in [0.25, 0.3) is 0 Å². The normalized spacial score (nSPS) is 15.5. The predicted octanol–water partition coefficient (Wildman–Crippen LogP) is 5.37. The van der Waals surface area contributed by atoms with Crippen molar-refractivity contribution in [3.05, 3.63) is 63.1 Å². The lowest BCUT2D eigenvalue weighted by Gasteiger charge is -2.24. The molecule has 2 aromatic heterocycles. The van der Waals surface area contributed by atoms with Crippen LogP contribution in [0, 0.1) is 6.92 Å². The van der Waals surface area contributed by atoms with Crippen molar-refractivity contribution >= 4 is 39.2 Å². The summed E-state index contributed by atoms with van der Waals surface area (Å²) in [6, 6.07) is 10.4. The lowest BCUT2D eigenvalue weighted by molar-refractivity contribution is 0.310. The van der Waals surface area contributed by atoms with Gasteiger partial charge in [0.05, 0.1) is 0 Å². The highest BCUT2D eigenvalue weighted by Gasteiger charge is 2.23. The second-order valence-electron chi connectivity index (χ2n) is 6.56. The number of allylic oxidation sites excluding steroid dienone is 1. The molecule has 0 atom stereocenters. The smallest absolute Gasteiger partial charge is 0.103 e. The molecule has 1 aromatic carbocycles. The van der Waals surface area contributed by atoms with Crippen LogP contribution in [-0.4, -0.2) is 23.1 Å². The minimum atomic E-state index is 0.787. The lowest BCUT2D eigenvalue weighted by atomic mass is 10.1. The number of aryl methyl sites for hydroxylation is 1. The first kappa shape index (κ1) is 15.9. The molecule has 0 fully saturated rings. The summed E-state index contributed by atoms with van der Waals surface area (Å²) in [6.45, 7) is 5.33.